The molecule has 170 valence electrons. The third kappa shape index (κ3) is 7.29. The first-order valence-corrected chi connectivity index (χ1v) is 10.9. The maximum atomic E-state index is 12.4. The molecule has 1 amide bonds. The summed E-state index contributed by atoms with van der Waals surface area (Å²) in [7, 11) is 0. The van der Waals surface area contributed by atoms with Crippen molar-refractivity contribution in [1.29, 1.82) is 0 Å². The number of hydrogen-bond donors (Lipinski definition) is 2. The second kappa shape index (κ2) is 11.1. The van der Waals surface area contributed by atoms with Gasteiger partial charge in [0.15, 0.2) is 5.69 Å². The molecule has 0 unspecified atom stereocenters. The van der Waals surface area contributed by atoms with Gasteiger partial charge in [0, 0.05) is 43.4 Å². The van der Waals surface area contributed by atoms with Crippen LogP contribution in [0, 0.1) is 6.92 Å². The van der Waals surface area contributed by atoms with Crippen molar-refractivity contribution in [2.45, 2.75) is 39.5 Å². The molecule has 9 heteroatoms. The molecule has 0 aliphatic carbocycles. The van der Waals surface area contributed by atoms with Crippen LogP contribution in [0.15, 0.2) is 28.9 Å². The molecule has 0 bridgehead atoms. The molecule has 3 rings (SSSR count). The van der Waals surface area contributed by atoms with Gasteiger partial charge < -0.3 is 19.6 Å². The number of aliphatic hydroxyl groups excluding tert-OH is 1. The van der Waals surface area contributed by atoms with Gasteiger partial charge in [0.05, 0.1) is 25.4 Å². The number of aliphatic hydroxyl groups is 1. The van der Waals surface area contributed by atoms with Crippen molar-refractivity contribution >= 4 is 23.2 Å². The molecule has 0 spiro atoms. The lowest BCUT2D eigenvalue weighted by Gasteiger charge is -2.35. The zero-order valence-corrected chi connectivity index (χ0v) is 19.1. The van der Waals surface area contributed by atoms with Crippen LogP contribution < -0.4 is 5.32 Å². The van der Waals surface area contributed by atoms with Crippen LogP contribution in [0.25, 0.3) is 0 Å². The van der Waals surface area contributed by atoms with Gasteiger partial charge in [-0.3, -0.25) is 14.6 Å². The lowest BCUT2D eigenvalue weighted by molar-refractivity contribution is -0.0151. The number of nitrogens with zero attached hydrogens (tertiary/aromatic N) is 3. The summed E-state index contributed by atoms with van der Waals surface area (Å²) in [5.41, 5.74) is 1.79. The number of benzene rings is 1. The molecule has 2 heterocycles. The predicted octanol–water partition coefficient (Wildman–Crippen LogP) is 2.79. The molecule has 1 aromatic carbocycles. The summed E-state index contributed by atoms with van der Waals surface area (Å²) in [6.45, 7) is 10.7. The van der Waals surface area contributed by atoms with Crippen LogP contribution in [0.4, 0.5) is 5.69 Å². The van der Waals surface area contributed by atoms with Gasteiger partial charge in [0.1, 0.15) is 6.26 Å². The smallest absolute Gasteiger partial charge is 0.277 e. The van der Waals surface area contributed by atoms with E-state index in [-0.39, 0.29) is 17.7 Å². The minimum atomic E-state index is -0.481. The number of nitrogens with one attached hydrogen (secondary N) is 1. The number of carbonyl (C=O) groups excluding carboxylic acids is 1. The van der Waals surface area contributed by atoms with Crippen molar-refractivity contribution in [3.8, 4) is 0 Å². The maximum absolute atomic E-state index is 12.4. The molecule has 1 aromatic heterocycles. The normalized spacial score (nSPS) is 16.6. The Bertz CT molecular complexity index is 865. The minimum Gasteiger partial charge on any atom is -0.447 e. The number of aryl methyl sites for hydroxylation is 1. The highest BCUT2D eigenvalue weighted by molar-refractivity contribution is 6.31. The first kappa shape index (κ1) is 23.7. The van der Waals surface area contributed by atoms with Crippen LogP contribution in [0.5, 0.6) is 0 Å². The van der Waals surface area contributed by atoms with Gasteiger partial charge in [0.2, 0.25) is 5.89 Å². The molecule has 1 aliphatic rings. The average Bonchev–Trinajstić information content (AvgIpc) is 3.19. The van der Waals surface area contributed by atoms with Crippen LogP contribution in [0.2, 0.25) is 5.02 Å². The molecule has 1 fully saturated rings. The van der Waals surface area contributed by atoms with Crippen LogP contribution in [0.1, 0.15) is 35.8 Å². The molecule has 8 nitrogen and oxygen atoms in total. The summed E-state index contributed by atoms with van der Waals surface area (Å²) < 4.78 is 11.0. The fraction of sp³-hybridized carbons (Fsp3) is 0.545. The highest BCUT2D eigenvalue weighted by Crippen LogP contribution is 2.20. The molecule has 2 N–H and O–H groups in total. The molecule has 1 saturated heterocycles. The number of carbonyl (C=O) groups is 1. The van der Waals surface area contributed by atoms with Crippen LogP contribution in [-0.4, -0.2) is 77.3 Å². The van der Waals surface area contributed by atoms with Crippen molar-refractivity contribution in [3.05, 3.63) is 46.6 Å². The summed E-state index contributed by atoms with van der Waals surface area (Å²) in [5, 5.41) is 13.5. The van der Waals surface area contributed by atoms with Crippen molar-refractivity contribution in [2.24, 2.45) is 0 Å². The monoisotopic (exact) mass is 450 g/mol. The lowest BCUT2D eigenvalue weighted by Crippen LogP contribution is -2.48. The highest BCUT2D eigenvalue weighted by atomic mass is 35.5. The zero-order valence-electron chi connectivity index (χ0n) is 18.3. The van der Waals surface area contributed by atoms with Crippen LogP contribution in [0.3, 0.4) is 0 Å². The fourth-order valence-electron chi connectivity index (χ4n) is 3.33. The first-order valence-electron chi connectivity index (χ1n) is 10.6. The maximum Gasteiger partial charge on any atom is 0.277 e. The van der Waals surface area contributed by atoms with E-state index < -0.39 is 6.10 Å². The van der Waals surface area contributed by atoms with E-state index in [9.17, 15) is 9.90 Å². The Kier molecular flexibility index (Phi) is 8.45. The van der Waals surface area contributed by atoms with E-state index in [0.29, 0.717) is 36.3 Å². The third-order valence-corrected chi connectivity index (χ3v) is 5.54. The summed E-state index contributed by atoms with van der Waals surface area (Å²) in [6.07, 6.45) is 1.01. The molecule has 0 saturated carbocycles. The number of β-amino-alcohol motifs (C(OH)–C–C–N with tert-alkyl or cyclic N) is 1. The fourth-order valence-corrected chi connectivity index (χ4v) is 3.51. The average molecular weight is 451 g/mol. The lowest BCUT2D eigenvalue weighted by atomic mass is 10.2. The summed E-state index contributed by atoms with van der Waals surface area (Å²) in [6, 6.07) is 5.36. The largest absolute Gasteiger partial charge is 0.447 e. The Labute approximate surface area is 188 Å². The van der Waals surface area contributed by atoms with Gasteiger partial charge >= 0.3 is 0 Å². The van der Waals surface area contributed by atoms with E-state index in [1.165, 1.54) is 6.26 Å². The van der Waals surface area contributed by atoms with E-state index in [1.807, 2.05) is 26.8 Å². The number of piperazine rings is 1. The van der Waals surface area contributed by atoms with Crippen molar-refractivity contribution < 1.29 is 19.1 Å². The third-order valence-electron chi connectivity index (χ3n) is 5.13. The molecular formula is C22H31ClN4O4. The highest BCUT2D eigenvalue weighted by Gasteiger charge is 2.21. The number of rotatable bonds is 9. The van der Waals surface area contributed by atoms with Gasteiger partial charge in [0.25, 0.3) is 5.91 Å². The number of ether oxygens (including phenoxy) is 1. The summed E-state index contributed by atoms with van der Waals surface area (Å²) in [5.74, 6) is 0.170. The van der Waals surface area contributed by atoms with Crippen molar-refractivity contribution in [3.63, 3.8) is 0 Å². The van der Waals surface area contributed by atoms with E-state index in [1.54, 1.807) is 12.1 Å². The molecule has 31 heavy (non-hydrogen) atoms. The first-order chi connectivity index (χ1) is 14.8. The number of halogens is 1. The van der Waals surface area contributed by atoms with E-state index >= 15 is 0 Å². The molecule has 2 aromatic rings. The van der Waals surface area contributed by atoms with E-state index in [4.69, 9.17) is 20.8 Å². The minimum absolute atomic E-state index is 0.119. The Morgan fingerprint density at radius 3 is 2.68 bits per heavy atom. The Hall–Kier alpha value is -1.97. The van der Waals surface area contributed by atoms with E-state index in [0.717, 1.165) is 31.7 Å². The summed E-state index contributed by atoms with van der Waals surface area (Å²) >= 11 is 6.11. The number of hydrogen-bond acceptors (Lipinski definition) is 7. The van der Waals surface area contributed by atoms with Crippen LogP contribution in [-0.2, 0) is 11.3 Å². The van der Waals surface area contributed by atoms with Crippen molar-refractivity contribution in [1.82, 2.24) is 14.8 Å². The standard InChI is InChI=1S/C22H31ClN4O4/c1-15(2)30-13-18(28)11-26-6-8-27(9-7-26)12-21-25-20(14-31-21)22(29)24-17-5-4-16(3)19(23)10-17/h4-5,10,14-15,18,28H,6-9,11-13H2,1-3H3,(H,24,29)/t18-/m1/s1. The van der Waals surface area contributed by atoms with Crippen LogP contribution >= 0.6 is 11.6 Å². The second-order valence-electron chi connectivity index (χ2n) is 8.16. The Morgan fingerprint density at radius 1 is 1.29 bits per heavy atom. The molecule has 1 atom stereocenters. The predicted molar refractivity (Wildman–Crippen MR) is 119 cm³/mol. The number of amides is 1. The van der Waals surface area contributed by atoms with Gasteiger partial charge in [-0.2, -0.15) is 0 Å². The molecule has 1 aliphatic heterocycles. The zero-order chi connectivity index (χ0) is 22.4. The SMILES string of the molecule is Cc1ccc(NC(=O)c2coc(CN3CCN(C[C@@H](O)COC(C)C)CC3)n2)cc1Cl. The quantitative estimate of drug-likeness (QED) is 0.607. The van der Waals surface area contributed by atoms with Gasteiger partial charge in [-0.05, 0) is 38.5 Å². The molecule has 0 radical (unpaired) electrons. The van der Waals surface area contributed by atoms with Gasteiger partial charge in [-0.25, -0.2) is 4.98 Å². The number of aromatic nitrogens is 1. The molecular weight excluding hydrogens is 420 g/mol. The summed E-state index contributed by atoms with van der Waals surface area (Å²) in [4.78, 5) is 21.2. The number of anilines is 1. The number of oxazole rings is 1. The van der Waals surface area contributed by atoms with Gasteiger partial charge in [-0.1, -0.05) is 17.7 Å². The van der Waals surface area contributed by atoms with Crippen molar-refractivity contribution in [2.75, 3.05) is 44.6 Å². The van der Waals surface area contributed by atoms with E-state index in [2.05, 4.69) is 20.1 Å². The topological polar surface area (TPSA) is 91.1 Å². The Balaban J connectivity index is 1.44. The van der Waals surface area contributed by atoms with Gasteiger partial charge in [-0.15, -0.1) is 0 Å². The Morgan fingerprint density at radius 2 is 2.00 bits per heavy atom. The second-order valence-corrected chi connectivity index (χ2v) is 8.56.